The number of benzene rings is 2. The first-order valence-corrected chi connectivity index (χ1v) is 8.65. The van der Waals surface area contributed by atoms with E-state index in [-0.39, 0.29) is 31.2 Å². The summed E-state index contributed by atoms with van der Waals surface area (Å²) in [5.41, 5.74) is -0.718. The molecule has 0 spiro atoms. The van der Waals surface area contributed by atoms with Gasteiger partial charge >= 0.3 is 6.18 Å². The average Bonchev–Trinajstić information content (AvgIpc) is 2.64. The summed E-state index contributed by atoms with van der Waals surface area (Å²) >= 11 is 3.29. The highest BCUT2D eigenvalue weighted by molar-refractivity contribution is 9.10. The molecule has 0 aliphatic carbocycles. The molecule has 0 bridgehead atoms. The maximum atomic E-state index is 12.5. The molecule has 0 aliphatic rings. The van der Waals surface area contributed by atoms with Crippen molar-refractivity contribution in [3.8, 4) is 5.75 Å². The summed E-state index contributed by atoms with van der Waals surface area (Å²) in [4.78, 5) is 23.5. The second kappa shape index (κ2) is 9.40. The number of carbonyl (C=O) groups excluding carboxylic acids is 2. The van der Waals surface area contributed by atoms with Crippen molar-refractivity contribution in [3.63, 3.8) is 0 Å². The zero-order chi connectivity index (χ0) is 19.9. The van der Waals surface area contributed by atoms with Crippen LogP contribution in [0.25, 0.3) is 0 Å². The molecule has 2 rings (SSSR count). The van der Waals surface area contributed by atoms with Gasteiger partial charge in [-0.3, -0.25) is 9.59 Å². The molecule has 0 heterocycles. The normalized spacial score (nSPS) is 11.0. The fourth-order valence-corrected chi connectivity index (χ4v) is 2.29. The minimum absolute atomic E-state index is 0.105. The smallest absolute Gasteiger partial charge is 0.416 e. The molecule has 2 aromatic carbocycles. The third kappa shape index (κ3) is 6.93. The highest BCUT2D eigenvalue weighted by atomic mass is 79.9. The molecule has 9 heteroatoms. The number of hydrogen-bond donors (Lipinski definition) is 2. The van der Waals surface area contributed by atoms with Gasteiger partial charge in [-0.2, -0.15) is 13.2 Å². The zero-order valence-corrected chi connectivity index (χ0v) is 15.6. The number of amides is 2. The highest BCUT2D eigenvalue weighted by Crippen LogP contribution is 2.29. The second-order valence-corrected chi connectivity index (χ2v) is 6.34. The van der Waals surface area contributed by atoms with E-state index in [4.69, 9.17) is 4.74 Å². The van der Waals surface area contributed by atoms with E-state index < -0.39 is 17.6 Å². The molecule has 0 aromatic heterocycles. The predicted octanol–water partition coefficient (Wildman–Crippen LogP) is 3.39. The molecule has 2 amide bonds. The first-order chi connectivity index (χ1) is 12.8. The van der Waals surface area contributed by atoms with Crippen LogP contribution in [0.4, 0.5) is 13.2 Å². The summed E-state index contributed by atoms with van der Waals surface area (Å²) in [6, 6.07) is 10.9. The molecule has 0 aliphatic heterocycles. The van der Waals surface area contributed by atoms with E-state index in [2.05, 4.69) is 26.6 Å². The van der Waals surface area contributed by atoms with Gasteiger partial charge in [0.1, 0.15) is 5.75 Å². The van der Waals surface area contributed by atoms with Gasteiger partial charge in [0.25, 0.3) is 11.8 Å². The second-order valence-electron chi connectivity index (χ2n) is 5.42. The topological polar surface area (TPSA) is 67.4 Å². The van der Waals surface area contributed by atoms with Crippen LogP contribution in [-0.2, 0) is 11.0 Å². The molecular formula is C18H16BrF3N2O3. The van der Waals surface area contributed by atoms with Gasteiger partial charge in [0.15, 0.2) is 6.61 Å². The summed E-state index contributed by atoms with van der Waals surface area (Å²) in [5, 5.41) is 5.08. The Balaban J connectivity index is 1.67. The molecule has 2 aromatic rings. The Bertz CT molecular complexity index is 778. The molecule has 27 heavy (non-hydrogen) atoms. The van der Waals surface area contributed by atoms with Crippen molar-refractivity contribution in [1.82, 2.24) is 10.6 Å². The van der Waals surface area contributed by atoms with E-state index in [1.54, 1.807) is 24.3 Å². The number of carbonyl (C=O) groups is 2. The van der Waals surface area contributed by atoms with Gasteiger partial charge in [-0.25, -0.2) is 0 Å². The van der Waals surface area contributed by atoms with E-state index >= 15 is 0 Å². The lowest BCUT2D eigenvalue weighted by atomic mass is 10.1. The summed E-state index contributed by atoms with van der Waals surface area (Å²) in [5.74, 6) is -0.338. The molecule has 2 N–H and O–H groups in total. The lowest BCUT2D eigenvalue weighted by Crippen LogP contribution is -2.36. The van der Waals surface area contributed by atoms with Gasteiger partial charge < -0.3 is 15.4 Å². The predicted molar refractivity (Wildman–Crippen MR) is 96.4 cm³/mol. The Hall–Kier alpha value is -2.55. The SMILES string of the molecule is O=C(COc1ccc(Br)cc1)NCCNC(=O)c1ccc(C(F)(F)F)cc1. The lowest BCUT2D eigenvalue weighted by Gasteiger charge is -2.09. The number of halogens is 4. The monoisotopic (exact) mass is 444 g/mol. The van der Waals surface area contributed by atoms with Crippen molar-refractivity contribution in [1.29, 1.82) is 0 Å². The molecule has 0 radical (unpaired) electrons. The molecule has 0 unspecified atom stereocenters. The quantitative estimate of drug-likeness (QED) is 0.643. The van der Waals surface area contributed by atoms with Crippen LogP contribution in [0.15, 0.2) is 53.0 Å². The van der Waals surface area contributed by atoms with Crippen molar-refractivity contribution in [3.05, 3.63) is 64.1 Å². The molecule has 0 saturated heterocycles. The molecule has 0 atom stereocenters. The van der Waals surface area contributed by atoms with Crippen molar-refractivity contribution in [2.45, 2.75) is 6.18 Å². The fraction of sp³-hybridized carbons (Fsp3) is 0.222. The number of ether oxygens (including phenoxy) is 1. The summed E-state index contributed by atoms with van der Waals surface area (Å²) in [6.07, 6.45) is -4.45. The van der Waals surface area contributed by atoms with Gasteiger partial charge in [0.2, 0.25) is 0 Å². The first kappa shape index (κ1) is 20.8. The third-order valence-corrected chi connectivity index (χ3v) is 3.92. The molecule has 0 fully saturated rings. The highest BCUT2D eigenvalue weighted by Gasteiger charge is 2.30. The van der Waals surface area contributed by atoms with E-state index in [0.717, 1.165) is 28.7 Å². The van der Waals surface area contributed by atoms with Crippen LogP contribution in [0.3, 0.4) is 0 Å². The van der Waals surface area contributed by atoms with Crippen LogP contribution in [0.5, 0.6) is 5.75 Å². The molecular weight excluding hydrogens is 429 g/mol. The Morgan fingerprint density at radius 3 is 2.11 bits per heavy atom. The van der Waals surface area contributed by atoms with Crippen LogP contribution in [0.2, 0.25) is 0 Å². The Morgan fingerprint density at radius 2 is 1.52 bits per heavy atom. The first-order valence-electron chi connectivity index (χ1n) is 7.86. The lowest BCUT2D eigenvalue weighted by molar-refractivity contribution is -0.137. The Morgan fingerprint density at radius 1 is 0.926 bits per heavy atom. The molecule has 0 saturated carbocycles. The van der Waals surface area contributed by atoms with Gasteiger partial charge in [-0.15, -0.1) is 0 Å². The van der Waals surface area contributed by atoms with E-state index in [0.29, 0.717) is 5.75 Å². The Kier molecular flexibility index (Phi) is 7.23. The van der Waals surface area contributed by atoms with Crippen LogP contribution < -0.4 is 15.4 Å². The van der Waals surface area contributed by atoms with Gasteiger partial charge in [-0.05, 0) is 48.5 Å². The van der Waals surface area contributed by atoms with Gasteiger partial charge in [0, 0.05) is 23.1 Å². The number of nitrogens with one attached hydrogen (secondary N) is 2. The minimum Gasteiger partial charge on any atom is -0.484 e. The summed E-state index contributed by atoms with van der Waals surface area (Å²) < 4.78 is 43.6. The zero-order valence-electron chi connectivity index (χ0n) is 14.0. The van der Waals surface area contributed by atoms with Crippen molar-refractivity contribution in [2.75, 3.05) is 19.7 Å². The third-order valence-electron chi connectivity index (χ3n) is 3.39. The van der Waals surface area contributed by atoms with Crippen LogP contribution in [0.1, 0.15) is 15.9 Å². The largest absolute Gasteiger partial charge is 0.484 e. The molecule has 144 valence electrons. The van der Waals surface area contributed by atoms with E-state index in [9.17, 15) is 22.8 Å². The van der Waals surface area contributed by atoms with Crippen molar-refractivity contribution >= 4 is 27.7 Å². The van der Waals surface area contributed by atoms with E-state index in [1.807, 2.05) is 0 Å². The number of alkyl halides is 3. The Labute approximate surface area is 162 Å². The van der Waals surface area contributed by atoms with Gasteiger partial charge in [-0.1, -0.05) is 15.9 Å². The maximum absolute atomic E-state index is 12.5. The molecule has 5 nitrogen and oxygen atoms in total. The summed E-state index contributed by atoms with van der Waals surface area (Å²) in [7, 11) is 0. The van der Waals surface area contributed by atoms with E-state index in [1.165, 1.54) is 0 Å². The average molecular weight is 445 g/mol. The standard InChI is InChI=1S/C18H16BrF3N2O3/c19-14-5-7-15(8-6-14)27-11-16(25)23-9-10-24-17(26)12-1-3-13(4-2-12)18(20,21)22/h1-8H,9-11H2,(H,23,25)(H,24,26). The van der Waals surface area contributed by atoms with Crippen molar-refractivity contribution in [2.24, 2.45) is 0 Å². The minimum atomic E-state index is -4.45. The fourth-order valence-electron chi connectivity index (χ4n) is 2.02. The summed E-state index contributed by atoms with van der Waals surface area (Å²) in [6.45, 7) is 0.118. The maximum Gasteiger partial charge on any atom is 0.416 e. The van der Waals surface area contributed by atoms with Crippen LogP contribution >= 0.6 is 15.9 Å². The van der Waals surface area contributed by atoms with Crippen LogP contribution in [-0.4, -0.2) is 31.5 Å². The van der Waals surface area contributed by atoms with Crippen LogP contribution in [0, 0.1) is 0 Å². The number of hydrogen-bond acceptors (Lipinski definition) is 3. The van der Waals surface area contributed by atoms with Gasteiger partial charge in [0.05, 0.1) is 5.56 Å². The van der Waals surface area contributed by atoms with Crippen molar-refractivity contribution < 1.29 is 27.5 Å². The number of rotatable bonds is 7.